The molecule has 0 fully saturated rings. The monoisotopic (exact) mass is 252 g/mol. The molecule has 1 aromatic carbocycles. The number of carboxylic acid groups (broad SMARTS) is 1. The molecule has 6 nitrogen and oxygen atoms in total. The predicted octanol–water partition coefficient (Wildman–Crippen LogP) is 0.274. The topological polar surface area (TPSA) is 89.9 Å². The molecule has 0 aliphatic rings. The zero-order valence-corrected chi connectivity index (χ0v) is 10.0. The molecule has 0 saturated carbocycles. The second kappa shape index (κ2) is 6.61. The quantitative estimate of drug-likeness (QED) is 0.701. The fraction of sp³-hybridized carbons (Fsp3) is 0.333. The molecule has 0 spiro atoms. The summed E-state index contributed by atoms with van der Waals surface area (Å²) in [5.41, 5.74) is 0.967. The van der Waals surface area contributed by atoms with Crippen molar-refractivity contribution in [1.82, 2.24) is 10.2 Å². The van der Waals surface area contributed by atoms with Crippen molar-refractivity contribution in [2.75, 3.05) is 13.6 Å². The minimum absolute atomic E-state index is 0.312. The van der Waals surface area contributed by atoms with Gasteiger partial charge in [-0.15, -0.1) is 0 Å². The Morgan fingerprint density at radius 1 is 1.33 bits per heavy atom. The van der Waals surface area contributed by atoms with Gasteiger partial charge in [0.25, 0.3) is 0 Å². The highest BCUT2D eigenvalue weighted by Crippen LogP contribution is 2.02. The standard InChI is InChI=1S/C12H16N2O4/c1-14(8-9-5-3-2-4-6-9)12(18)13-7-10(15)11(16)17/h2-6,10,15H,7-8H2,1H3,(H,13,18)(H,16,17). The number of nitrogens with zero attached hydrogens (tertiary/aromatic N) is 1. The first kappa shape index (κ1) is 14.0. The first-order valence-electron chi connectivity index (χ1n) is 5.44. The number of urea groups is 1. The van der Waals surface area contributed by atoms with Crippen LogP contribution in [0, 0.1) is 0 Å². The Bertz CT molecular complexity index is 408. The van der Waals surface area contributed by atoms with E-state index in [4.69, 9.17) is 10.2 Å². The van der Waals surface area contributed by atoms with Crippen LogP contribution in [0.5, 0.6) is 0 Å². The van der Waals surface area contributed by atoms with Gasteiger partial charge >= 0.3 is 12.0 Å². The number of rotatable bonds is 5. The van der Waals surface area contributed by atoms with Gasteiger partial charge in [0, 0.05) is 13.6 Å². The van der Waals surface area contributed by atoms with E-state index in [2.05, 4.69) is 5.32 Å². The average Bonchev–Trinajstić information content (AvgIpc) is 2.36. The summed E-state index contributed by atoms with van der Waals surface area (Å²) in [5, 5.41) is 19.8. The van der Waals surface area contributed by atoms with E-state index in [1.54, 1.807) is 7.05 Å². The van der Waals surface area contributed by atoms with Crippen LogP contribution in [0.3, 0.4) is 0 Å². The van der Waals surface area contributed by atoms with E-state index in [1.165, 1.54) is 4.90 Å². The van der Waals surface area contributed by atoms with Crippen LogP contribution in [0.4, 0.5) is 4.79 Å². The average molecular weight is 252 g/mol. The number of hydrogen-bond acceptors (Lipinski definition) is 3. The van der Waals surface area contributed by atoms with E-state index in [1.807, 2.05) is 30.3 Å². The number of nitrogens with one attached hydrogen (secondary N) is 1. The highest BCUT2D eigenvalue weighted by Gasteiger charge is 2.15. The van der Waals surface area contributed by atoms with Crippen molar-refractivity contribution < 1.29 is 19.8 Å². The van der Waals surface area contributed by atoms with Crippen LogP contribution in [0.15, 0.2) is 30.3 Å². The van der Waals surface area contributed by atoms with Crippen molar-refractivity contribution in [2.24, 2.45) is 0 Å². The van der Waals surface area contributed by atoms with Crippen molar-refractivity contribution in [3.05, 3.63) is 35.9 Å². The lowest BCUT2D eigenvalue weighted by Crippen LogP contribution is -2.42. The first-order valence-corrected chi connectivity index (χ1v) is 5.44. The van der Waals surface area contributed by atoms with Crippen molar-refractivity contribution in [2.45, 2.75) is 12.6 Å². The van der Waals surface area contributed by atoms with E-state index in [9.17, 15) is 9.59 Å². The van der Waals surface area contributed by atoms with E-state index < -0.39 is 18.1 Å². The Hall–Kier alpha value is -2.08. The largest absolute Gasteiger partial charge is 0.479 e. The van der Waals surface area contributed by atoms with Gasteiger partial charge in [0.05, 0.1) is 6.54 Å². The summed E-state index contributed by atoms with van der Waals surface area (Å²) < 4.78 is 0. The predicted molar refractivity (Wildman–Crippen MR) is 65.0 cm³/mol. The Labute approximate surface area is 105 Å². The number of hydrogen-bond donors (Lipinski definition) is 3. The molecule has 0 aliphatic heterocycles. The number of carbonyl (C=O) groups excluding carboxylic acids is 1. The van der Waals surface area contributed by atoms with Gasteiger partial charge in [-0.2, -0.15) is 0 Å². The minimum atomic E-state index is -1.58. The second-order valence-corrected chi connectivity index (χ2v) is 3.88. The summed E-state index contributed by atoms with van der Waals surface area (Å²) in [6.07, 6.45) is -1.58. The van der Waals surface area contributed by atoms with Gasteiger partial charge in [0.1, 0.15) is 0 Å². The molecule has 2 amide bonds. The molecule has 6 heteroatoms. The third kappa shape index (κ3) is 4.42. The Balaban J connectivity index is 2.40. The maximum absolute atomic E-state index is 11.6. The third-order valence-corrected chi connectivity index (χ3v) is 2.34. The molecule has 0 aliphatic carbocycles. The summed E-state index contributed by atoms with van der Waals surface area (Å²) in [6.45, 7) is 0.100. The fourth-order valence-corrected chi connectivity index (χ4v) is 1.34. The van der Waals surface area contributed by atoms with Crippen LogP contribution < -0.4 is 5.32 Å². The Morgan fingerprint density at radius 3 is 2.50 bits per heavy atom. The molecule has 1 atom stereocenters. The lowest BCUT2D eigenvalue weighted by molar-refractivity contribution is -0.146. The number of aliphatic hydroxyl groups excluding tert-OH is 1. The van der Waals surface area contributed by atoms with Gasteiger partial charge in [-0.25, -0.2) is 9.59 Å². The van der Waals surface area contributed by atoms with E-state index in [0.717, 1.165) is 5.56 Å². The number of aliphatic carboxylic acids is 1. The van der Waals surface area contributed by atoms with Crippen LogP contribution in [-0.4, -0.2) is 46.8 Å². The summed E-state index contributed by atoms with van der Waals surface area (Å²) in [7, 11) is 1.59. The van der Waals surface area contributed by atoms with Gasteiger partial charge in [-0.05, 0) is 5.56 Å². The van der Waals surface area contributed by atoms with Gasteiger partial charge in [-0.1, -0.05) is 30.3 Å². The van der Waals surface area contributed by atoms with Crippen molar-refractivity contribution in [3.63, 3.8) is 0 Å². The van der Waals surface area contributed by atoms with Crippen LogP contribution in [0.1, 0.15) is 5.56 Å². The van der Waals surface area contributed by atoms with Gasteiger partial charge < -0.3 is 20.4 Å². The smallest absolute Gasteiger partial charge is 0.334 e. The third-order valence-electron chi connectivity index (χ3n) is 2.34. The van der Waals surface area contributed by atoms with Crippen LogP contribution in [0.2, 0.25) is 0 Å². The lowest BCUT2D eigenvalue weighted by Gasteiger charge is -2.18. The molecule has 3 N–H and O–H groups in total. The first-order chi connectivity index (χ1) is 8.50. The number of amides is 2. The maximum Gasteiger partial charge on any atom is 0.334 e. The minimum Gasteiger partial charge on any atom is -0.479 e. The summed E-state index contributed by atoms with van der Waals surface area (Å²) in [6, 6.07) is 8.96. The number of carboxylic acids is 1. The van der Waals surface area contributed by atoms with E-state index in [-0.39, 0.29) is 6.54 Å². The molecule has 98 valence electrons. The number of aliphatic hydroxyl groups is 1. The molecule has 0 radical (unpaired) electrons. The molecule has 1 rings (SSSR count). The maximum atomic E-state index is 11.6. The van der Waals surface area contributed by atoms with E-state index in [0.29, 0.717) is 6.54 Å². The highest BCUT2D eigenvalue weighted by molar-refractivity contribution is 5.76. The van der Waals surface area contributed by atoms with Crippen molar-refractivity contribution in [3.8, 4) is 0 Å². The molecule has 0 aromatic heterocycles. The molecule has 1 aromatic rings. The highest BCUT2D eigenvalue weighted by atomic mass is 16.4. The van der Waals surface area contributed by atoms with Crippen LogP contribution >= 0.6 is 0 Å². The molecule has 18 heavy (non-hydrogen) atoms. The number of benzene rings is 1. The zero-order valence-electron chi connectivity index (χ0n) is 10.0. The van der Waals surface area contributed by atoms with Crippen molar-refractivity contribution in [1.29, 1.82) is 0 Å². The van der Waals surface area contributed by atoms with Gasteiger partial charge in [0.2, 0.25) is 0 Å². The lowest BCUT2D eigenvalue weighted by atomic mass is 10.2. The number of carbonyl (C=O) groups is 2. The van der Waals surface area contributed by atoms with Crippen LogP contribution in [-0.2, 0) is 11.3 Å². The molecular formula is C12H16N2O4. The molecular weight excluding hydrogens is 236 g/mol. The molecule has 0 heterocycles. The van der Waals surface area contributed by atoms with Gasteiger partial charge in [-0.3, -0.25) is 0 Å². The molecule has 0 bridgehead atoms. The van der Waals surface area contributed by atoms with E-state index >= 15 is 0 Å². The zero-order chi connectivity index (χ0) is 13.5. The van der Waals surface area contributed by atoms with Crippen LogP contribution in [0.25, 0.3) is 0 Å². The summed E-state index contributed by atoms with van der Waals surface area (Å²) >= 11 is 0. The second-order valence-electron chi connectivity index (χ2n) is 3.88. The Morgan fingerprint density at radius 2 is 1.94 bits per heavy atom. The SMILES string of the molecule is CN(Cc1ccccc1)C(=O)NCC(O)C(=O)O. The van der Waals surface area contributed by atoms with Gasteiger partial charge in [0.15, 0.2) is 6.10 Å². The van der Waals surface area contributed by atoms with Crippen molar-refractivity contribution >= 4 is 12.0 Å². The molecule has 1 unspecified atom stereocenters. The molecule has 0 saturated heterocycles. The summed E-state index contributed by atoms with van der Waals surface area (Å²) in [4.78, 5) is 23.3. The Kier molecular flexibility index (Phi) is 5.13. The normalized spacial score (nSPS) is 11.7. The summed E-state index contributed by atoms with van der Waals surface area (Å²) in [5.74, 6) is -1.36. The fourth-order valence-electron chi connectivity index (χ4n) is 1.34.